The second kappa shape index (κ2) is 5.03. The number of aromatic nitrogens is 3. The molecule has 0 amide bonds. The highest BCUT2D eigenvalue weighted by Gasteiger charge is 2.35. The molecule has 0 atom stereocenters. The van der Waals surface area contributed by atoms with Crippen LogP contribution in [0.2, 0.25) is 0 Å². The molecule has 0 bridgehead atoms. The van der Waals surface area contributed by atoms with Gasteiger partial charge in [-0.1, -0.05) is 6.07 Å². The smallest absolute Gasteiger partial charge is 0.294 e. The first-order chi connectivity index (χ1) is 9.30. The predicted molar refractivity (Wildman–Crippen MR) is 60.4 cm³/mol. The molecular weight excluding hydrogens is 278 g/mol. The Kier molecular flexibility index (Phi) is 3.56. The molecular formula is C12H9F4N3O. The van der Waals surface area contributed by atoms with Gasteiger partial charge in [-0.05, 0) is 12.1 Å². The van der Waals surface area contributed by atoms with Crippen LogP contribution in [0.4, 0.5) is 17.6 Å². The lowest BCUT2D eigenvalue weighted by atomic mass is 10.0. The highest BCUT2D eigenvalue weighted by Crippen LogP contribution is 2.32. The summed E-state index contributed by atoms with van der Waals surface area (Å²) in [4.78, 5) is 15.6. The number of alkyl halides is 3. The van der Waals surface area contributed by atoms with Crippen molar-refractivity contribution >= 4 is 5.78 Å². The number of rotatable bonds is 3. The van der Waals surface area contributed by atoms with Gasteiger partial charge in [0.15, 0.2) is 5.78 Å². The van der Waals surface area contributed by atoms with Gasteiger partial charge < -0.3 is 0 Å². The van der Waals surface area contributed by atoms with E-state index in [0.29, 0.717) is 6.07 Å². The van der Waals surface area contributed by atoms with E-state index < -0.39 is 28.9 Å². The molecule has 20 heavy (non-hydrogen) atoms. The largest absolute Gasteiger partial charge is 0.419 e. The lowest BCUT2D eigenvalue weighted by molar-refractivity contribution is -0.140. The Labute approximate surface area is 111 Å². The van der Waals surface area contributed by atoms with Gasteiger partial charge in [0.2, 0.25) is 0 Å². The minimum Gasteiger partial charge on any atom is -0.294 e. The van der Waals surface area contributed by atoms with Gasteiger partial charge in [0.1, 0.15) is 18.0 Å². The van der Waals surface area contributed by atoms with E-state index in [1.54, 1.807) is 0 Å². The van der Waals surface area contributed by atoms with Crippen molar-refractivity contribution in [2.45, 2.75) is 12.6 Å². The summed E-state index contributed by atoms with van der Waals surface area (Å²) in [6.07, 6.45) is -3.97. The van der Waals surface area contributed by atoms with Crippen molar-refractivity contribution in [3.63, 3.8) is 0 Å². The number of carbonyl (C=O) groups excluding carboxylic acids is 1. The van der Waals surface area contributed by atoms with Crippen LogP contribution >= 0.6 is 0 Å². The molecule has 0 unspecified atom stereocenters. The molecule has 1 aromatic carbocycles. The van der Waals surface area contributed by atoms with E-state index in [1.807, 2.05) is 0 Å². The van der Waals surface area contributed by atoms with Crippen molar-refractivity contribution in [1.29, 1.82) is 0 Å². The maximum Gasteiger partial charge on any atom is 0.419 e. The Balaban J connectivity index is 2.34. The second-order valence-electron chi connectivity index (χ2n) is 4.06. The van der Waals surface area contributed by atoms with Gasteiger partial charge in [-0.25, -0.2) is 9.37 Å². The molecule has 0 aliphatic heterocycles. The molecule has 4 nitrogen and oxygen atoms in total. The van der Waals surface area contributed by atoms with Crippen LogP contribution in [0.5, 0.6) is 0 Å². The Morgan fingerprint density at radius 2 is 2.05 bits per heavy atom. The monoisotopic (exact) mass is 287 g/mol. The van der Waals surface area contributed by atoms with Crippen molar-refractivity contribution in [2.24, 2.45) is 7.05 Å². The molecule has 2 aromatic rings. The molecule has 0 radical (unpaired) electrons. The molecule has 0 fully saturated rings. The quantitative estimate of drug-likeness (QED) is 0.643. The van der Waals surface area contributed by atoms with E-state index in [2.05, 4.69) is 10.1 Å². The zero-order chi connectivity index (χ0) is 14.9. The van der Waals surface area contributed by atoms with Crippen LogP contribution in [0.3, 0.4) is 0 Å². The molecule has 0 aliphatic rings. The van der Waals surface area contributed by atoms with E-state index in [9.17, 15) is 22.4 Å². The average molecular weight is 287 g/mol. The summed E-state index contributed by atoms with van der Waals surface area (Å²) in [5.74, 6) is -2.11. The molecule has 1 aromatic heterocycles. The standard InChI is InChI=1S/C12H9F4N3O/c1-19-10(17-6-18-19)5-9(20)7-3-2-4-8(11(7)13)12(14,15)16/h2-4,6H,5H2,1H3. The Morgan fingerprint density at radius 1 is 1.35 bits per heavy atom. The fourth-order valence-electron chi connectivity index (χ4n) is 1.69. The molecule has 8 heteroatoms. The number of ketones is 1. The number of benzene rings is 1. The van der Waals surface area contributed by atoms with E-state index in [-0.39, 0.29) is 12.2 Å². The van der Waals surface area contributed by atoms with Crippen LogP contribution in [0.15, 0.2) is 24.5 Å². The fourth-order valence-corrected chi connectivity index (χ4v) is 1.69. The normalized spacial score (nSPS) is 11.7. The van der Waals surface area contributed by atoms with E-state index in [4.69, 9.17) is 0 Å². The van der Waals surface area contributed by atoms with Crippen LogP contribution in [0.1, 0.15) is 21.7 Å². The van der Waals surface area contributed by atoms with Gasteiger partial charge in [0.25, 0.3) is 0 Å². The third-order valence-electron chi connectivity index (χ3n) is 2.73. The predicted octanol–water partition coefficient (Wildman–Crippen LogP) is 2.40. The summed E-state index contributed by atoms with van der Waals surface area (Å²) in [7, 11) is 1.53. The van der Waals surface area contributed by atoms with Crippen LogP contribution in [-0.2, 0) is 19.6 Å². The fraction of sp³-hybridized carbons (Fsp3) is 0.250. The van der Waals surface area contributed by atoms with Crippen molar-refractivity contribution in [1.82, 2.24) is 14.8 Å². The molecule has 0 saturated carbocycles. The molecule has 0 aliphatic carbocycles. The van der Waals surface area contributed by atoms with Crippen molar-refractivity contribution in [3.05, 3.63) is 47.3 Å². The third kappa shape index (κ3) is 2.68. The first kappa shape index (κ1) is 14.2. The van der Waals surface area contributed by atoms with Crippen molar-refractivity contribution < 1.29 is 22.4 Å². The summed E-state index contributed by atoms with van der Waals surface area (Å²) < 4.78 is 52.7. The average Bonchev–Trinajstić information content (AvgIpc) is 2.73. The van der Waals surface area contributed by atoms with Crippen LogP contribution in [-0.4, -0.2) is 20.5 Å². The number of nitrogens with zero attached hydrogens (tertiary/aromatic N) is 3. The Bertz CT molecular complexity index is 648. The number of hydrogen-bond acceptors (Lipinski definition) is 3. The Morgan fingerprint density at radius 3 is 2.60 bits per heavy atom. The number of hydrogen-bond donors (Lipinski definition) is 0. The summed E-state index contributed by atoms with van der Waals surface area (Å²) in [5.41, 5.74) is -2.07. The highest BCUT2D eigenvalue weighted by molar-refractivity contribution is 5.97. The number of carbonyl (C=O) groups is 1. The summed E-state index contributed by atoms with van der Waals surface area (Å²) in [6.45, 7) is 0. The van der Waals surface area contributed by atoms with Gasteiger partial charge in [-0.3, -0.25) is 9.48 Å². The number of aryl methyl sites for hydroxylation is 1. The lowest BCUT2D eigenvalue weighted by Gasteiger charge is -2.10. The van der Waals surface area contributed by atoms with Gasteiger partial charge in [-0.15, -0.1) is 0 Å². The van der Waals surface area contributed by atoms with Gasteiger partial charge in [0.05, 0.1) is 17.5 Å². The maximum absolute atomic E-state index is 13.8. The van der Waals surface area contributed by atoms with Crippen molar-refractivity contribution in [3.8, 4) is 0 Å². The summed E-state index contributed by atoms with van der Waals surface area (Å²) >= 11 is 0. The van der Waals surface area contributed by atoms with Crippen LogP contribution in [0.25, 0.3) is 0 Å². The SMILES string of the molecule is Cn1ncnc1CC(=O)c1cccc(C(F)(F)F)c1F. The Hall–Kier alpha value is -2.25. The molecule has 0 saturated heterocycles. The van der Waals surface area contributed by atoms with Gasteiger partial charge >= 0.3 is 6.18 Å². The van der Waals surface area contributed by atoms with E-state index in [1.165, 1.54) is 18.1 Å². The highest BCUT2D eigenvalue weighted by atomic mass is 19.4. The minimum atomic E-state index is -4.84. The minimum absolute atomic E-state index is 0.242. The first-order valence-corrected chi connectivity index (χ1v) is 5.52. The molecule has 0 spiro atoms. The summed E-state index contributed by atoms with van der Waals surface area (Å²) in [6, 6.07) is 2.60. The number of halogens is 4. The zero-order valence-electron chi connectivity index (χ0n) is 10.3. The van der Waals surface area contributed by atoms with Gasteiger partial charge in [0, 0.05) is 7.05 Å². The van der Waals surface area contributed by atoms with Crippen LogP contribution < -0.4 is 0 Å². The topological polar surface area (TPSA) is 47.8 Å². The third-order valence-corrected chi connectivity index (χ3v) is 2.73. The maximum atomic E-state index is 13.8. The number of Topliss-reactive ketones (excluding diaryl/α,β-unsaturated/α-hetero) is 1. The first-order valence-electron chi connectivity index (χ1n) is 5.52. The van der Waals surface area contributed by atoms with E-state index >= 15 is 0 Å². The van der Waals surface area contributed by atoms with Crippen molar-refractivity contribution in [2.75, 3.05) is 0 Å². The molecule has 1 heterocycles. The lowest BCUT2D eigenvalue weighted by Crippen LogP contribution is -2.15. The van der Waals surface area contributed by atoms with E-state index in [0.717, 1.165) is 12.1 Å². The second-order valence-corrected chi connectivity index (χ2v) is 4.06. The van der Waals surface area contributed by atoms with Gasteiger partial charge in [-0.2, -0.15) is 18.3 Å². The zero-order valence-corrected chi connectivity index (χ0v) is 10.3. The molecule has 106 valence electrons. The van der Waals surface area contributed by atoms with Crippen LogP contribution in [0, 0.1) is 5.82 Å². The molecule has 0 N–H and O–H groups in total. The molecule has 2 rings (SSSR count). The summed E-state index contributed by atoms with van der Waals surface area (Å²) in [5, 5.41) is 3.72.